The van der Waals surface area contributed by atoms with Gasteiger partial charge in [-0.3, -0.25) is 19.7 Å². The molecule has 2 aliphatic carbocycles. The number of rotatable bonds is 11. The molecule has 12 heteroatoms. The molecule has 0 heterocycles. The molecule has 0 bridgehead atoms. The zero-order chi connectivity index (χ0) is 20.4. The number of aliphatic carboxylic acids is 3. The van der Waals surface area contributed by atoms with Gasteiger partial charge in [0.25, 0.3) is 0 Å². The van der Waals surface area contributed by atoms with E-state index in [9.17, 15) is 29.7 Å². The minimum absolute atomic E-state index is 0.0324. The molecule has 7 atom stereocenters. The molecule has 0 saturated heterocycles. The minimum atomic E-state index is -1.36. The molecule has 27 heavy (non-hydrogen) atoms. The number of carboxylic acids is 3. The van der Waals surface area contributed by atoms with Gasteiger partial charge >= 0.3 is 17.9 Å². The molecule has 12 nitrogen and oxygen atoms in total. The fraction of sp³-hybridized carbons (Fsp3) is 0.800. The molecule has 0 aromatic heterocycles. The fourth-order valence-corrected chi connectivity index (χ4v) is 4.22. The molecule has 2 saturated carbocycles. The van der Waals surface area contributed by atoms with Crippen molar-refractivity contribution in [2.24, 2.45) is 5.92 Å². The highest BCUT2D eigenvalue weighted by Gasteiger charge is 2.73. The summed E-state index contributed by atoms with van der Waals surface area (Å²) >= 11 is 0. The van der Waals surface area contributed by atoms with E-state index in [2.05, 4.69) is 16.0 Å². The van der Waals surface area contributed by atoms with Crippen molar-refractivity contribution in [3.05, 3.63) is 0 Å². The number of hydrogen-bond acceptors (Lipinski definition) is 9. The Morgan fingerprint density at radius 3 is 1.96 bits per heavy atom. The summed E-state index contributed by atoms with van der Waals surface area (Å²) in [5.74, 6) is -4.23. The van der Waals surface area contributed by atoms with Crippen molar-refractivity contribution in [3.63, 3.8) is 0 Å². The first kappa shape index (κ1) is 21.5. The summed E-state index contributed by atoms with van der Waals surface area (Å²) in [6.45, 7) is -0.610. The highest BCUT2D eigenvalue weighted by Crippen LogP contribution is 2.51. The lowest BCUT2D eigenvalue weighted by atomic mass is 9.60. The number of fused-ring (bicyclic) bond motifs is 1. The van der Waals surface area contributed by atoms with Crippen LogP contribution in [0.1, 0.15) is 12.8 Å². The Morgan fingerprint density at radius 1 is 0.815 bits per heavy atom. The van der Waals surface area contributed by atoms with Crippen LogP contribution in [0.5, 0.6) is 0 Å². The zero-order valence-electron chi connectivity index (χ0n) is 14.4. The average Bonchev–Trinajstić information content (AvgIpc) is 2.72. The van der Waals surface area contributed by atoms with E-state index in [1.54, 1.807) is 0 Å². The van der Waals surface area contributed by atoms with Gasteiger partial charge in [-0.2, -0.15) is 0 Å². The molecule has 9 N–H and O–H groups in total. The Hall–Kier alpha value is -1.83. The van der Waals surface area contributed by atoms with Crippen LogP contribution < -0.4 is 16.0 Å². The van der Waals surface area contributed by atoms with Gasteiger partial charge in [0.05, 0.1) is 55.3 Å². The topological polar surface area (TPSA) is 209 Å². The van der Waals surface area contributed by atoms with Crippen LogP contribution >= 0.6 is 0 Å². The molecule has 154 valence electrons. The van der Waals surface area contributed by atoms with E-state index in [0.717, 1.165) is 0 Å². The third-order valence-electron chi connectivity index (χ3n) is 5.30. The first-order valence-corrected chi connectivity index (χ1v) is 8.54. The Bertz CT molecular complexity index is 589. The molecule has 0 amide bonds. The number of carbonyl (C=O) groups is 3. The van der Waals surface area contributed by atoms with Crippen molar-refractivity contribution < 1.29 is 45.0 Å². The molecule has 2 rings (SSSR count). The molecule has 0 spiro atoms. The molecular formula is C15H25N3O9. The second-order valence-corrected chi connectivity index (χ2v) is 6.83. The van der Waals surface area contributed by atoms with Crippen molar-refractivity contribution in [2.75, 3.05) is 19.6 Å². The van der Waals surface area contributed by atoms with Crippen molar-refractivity contribution >= 4 is 17.9 Å². The van der Waals surface area contributed by atoms with Crippen LogP contribution in [-0.2, 0) is 14.4 Å². The third kappa shape index (κ3) is 4.05. The van der Waals surface area contributed by atoms with Gasteiger partial charge in [-0.15, -0.1) is 0 Å². The molecule has 2 fully saturated rings. The molecular weight excluding hydrogens is 366 g/mol. The first-order valence-electron chi connectivity index (χ1n) is 8.54. The highest BCUT2D eigenvalue weighted by atomic mass is 16.4. The van der Waals surface area contributed by atoms with Gasteiger partial charge in [0.2, 0.25) is 0 Å². The second-order valence-electron chi connectivity index (χ2n) is 6.83. The van der Waals surface area contributed by atoms with E-state index in [1.165, 1.54) is 0 Å². The highest BCUT2D eigenvalue weighted by molar-refractivity contribution is 5.69. The summed E-state index contributed by atoms with van der Waals surface area (Å²) in [5, 5.41) is 66.4. The van der Waals surface area contributed by atoms with Gasteiger partial charge in [0, 0.05) is 19.0 Å². The Kier molecular flexibility index (Phi) is 6.72. The quantitative estimate of drug-likeness (QED) is 0.165. The van der Waals surface area contributed by atoms with E-state index >= 15 is 0 Å². The number of hydrogen-bond donors (Lipinski definition) is 9. The van der Waals surface area contributed by atoms with E-state index in [0.29, 0.717) is 0 Å². The van der Waals surface area contributed by atoms with Gasteiger partial charge in [-0.1, -0.05) is 0 Å². The lowest BCUT2D eigenvalue weighted by molar-refractivity contribution is -0.152. The van der Waals surface area contributed by atoms with Crippen LogP contribution in [0.25, 0.3) is 0 Å². The number of nitrogens with one attached hydrogen (secondary N) is 3. The van der Waals surface area contributed by atoms with Crippen molar-refractivity contribution in [2.45, 2.75) is 48.8 Å². The van der Waals surface area contributed by atoms with E-state index in [-0.39, 0.29) is 25.9 Å². The predicted octanol–water partition coefficient (Wildman–Crippen LogP) is -4.01. The minimum Gasteiger partial charge on any atom is -0.481 e. The van der Waals surface area contributed by atoms with E-state index in [4.69, 9.17) is 15.3 Å². The Labute approximate surface area is 154 Å². The number of carboxylic acid groups (broad SMARTS) is 3. The maximum atomic E-state index is 10.8. The summed E-state index contributed by atoms with van der Waals surface area (Å²) in [6.07, 6.45) is -4.28. The summed E-state index contributed by atoms with van der Waals surface area (Å²) in [7, 11) is 0. The number of aliphatic hydroxyl groups is 3. The van der Waals surface area contributed by atoms with E-state index in [1.807, 2.05) is 0 Å². The standard InChI is InChI=1S/C15H25N3O9/c19-6(20)1-3-16-10-11(25)9-12(26)13(17-5-8(23)24)15(9,14(10)27)18-4-2-7(21)22/h9-14,16-18,25-27H,1-5H2,(H,19,20)(H,21,22)(H,23,24). The van der Waals surface area contributed by atoms with E-state index < -0.39 is 66.3 Å². The third-order valence-corrected chi connectivity index (χ3v) is 5.30. The summed E-state index contributed by atoms with van der Waals surface area (Å²) in [5.41, 5.74) is -1.36. The average molecular weight is 391 g/mol. The molecule has 0 aromatic rings. The smallest absolute Gasteiger partial charge is 0.317 e. The fourth-order valence-electron chi connectivity index (χ4n) is 4.22. The first-order chi connectivity index (χ1) is 12.6. The van der Waals surface area contributed by atoms with Gasteiger partial charge in [-0.05, 0) is 0 Å². The van der Waals surface area contributed by atoms with Crippen LogP contribution in [0.3, 0.4) is 0 Å². The molecule has 2 aliphatic rings. The van der Waals surface area contributed by atoms with Crippen LogP contribution in [-0.4, -0.2) is 104 Å². The molecule has 7 unspecified atom stereocenters. The maximum absolute atomic E-state index is 10.8. The van der Waals surface area contributed by atoms with Gasteiger partial charge in [0.1, 0.15) is 0 Å². The van der Waals surface area contributed by atoms with Crippen LogP contribution in [0.15, 0.2) is 0 Å². The summed E-state index contributed by atoms with van der Waals surface area (Å²) < 4.78 is 0. The van der Waals surface area contributed by atoms with Crippen LogP contribution in [0.4, 0.5) is 0 Å². The normalized spacial score (nSPS) is 37.4. The SMILES string of the molecule is O=C(O)CCNC1C(O)C2C(O)C(NCC(=O)O)C2(NCCC(=O)O)C1O. The van der Waals surface area contributed by atoms with Crippen molar-refractivity contribution in [1.29, 1.82) is 0 Å². The largest absolute Gasteiger partial charge is 0.481 e. The summed E-state index contributed by atoms with van der Waals surface area (Å²) in [4.78, 5) is 32.3. The monoisotopic (exact) mass is 391 g/mol. The Balaban J connectivity index is 2.19. The van der Waals surface area contributed by atoms with Crippen LogP contribution in [0.2, 0.25) is 0 Å². The zero-order valence-corrected chi connectivity index (χ0v) is 14.4. The Morgan fingerprint density at radius 2 is 1.41 bits per heavy atom. The molecule has 0 radical (unpaired) electrons. The van der Waals surface area contributed by atoms with Crippen molar-refractivity contribution in [1.82, 2.24) is 16.0 Å². The maximum Gasteiger partial charge on any atom is 0.317 e. The lowest BCUT2D eigenvalue weighted by Gasteiger charge is -2.58. The second kappa shape index (κ2) is 8.46. The number of aliphatic hydroxyl groups excluding tert-OH is 3. The molecule has 0 aliphatic heterocycles. The lowest BCUT2D eigenvalue weighted by Crippen LogP contribution is -2.83. The molecule has 0 aromatic carbocycles. The van der Waals surface area contributed by atoms with Crippen molar-refractivity contribution in [3.8, 4) is 0 Å². The summed E-state index contributed by atoms with van der Waals surface area (Å²) in [6, 6.07) is -1.92. The van der Waals surface area contributed by atoms with Gasteiger partial charge in [-0.25, -0.2) is 0 Å². The predicted molar refractivity (Wildman–Crippen MR) is 88.0 cm³/mol. The van der Waals surface area contributed by atoms with Gasteiger partial charge < -0.3 is 41.3 Å². The van der Waals surface area contributed by atoms with Gasteiger partial charge in [0.15, 0.2) is 0 Å². The van der Waals surface area contributed by atoms with Crippen LogP contribution in [0, 0.1) is 5.92 Å².